The van der Waals surface area contributed by atoms with Crippen LogP contribution in [0.5, 0.6) is 0 Å². The van der Waals surface area contributed by atoms with Gasteiger partial charge in [0.15, 0.2) is 0 Å². The minimum atomic E-state index is -0.301. The first kappa shape index (κ1) is 15.7. The van der Waals surface area contributed by atoms with E-state index in [9.17, 15) is 4.79 Å². The number of carbonyl (C=O) groups is 1. The molecule has 0 rings (SSSR count). The van der Waals surface area contributed by atoms with Gasteiger partial charge in [0, 0.05) is 0 Å². The Hall–Kier alpha value is -0.291. The fourth-order valence-corrected chi connectivity index (χ4v) is 3.87. The van der Waals surface area contributed by atoms with Crippen LogP contribution in [0.15, 0.2) is 22.3 Å². The van der Waals surface area contributed by atoms with Crippen molar-refractivity contribution in [2.45, 2.75) is 30.6 Å². The van der Waals surface area contributed by atoms with Crippen LogP contribution in [0.3, 0.4) is 0 Å². The maximum atomic E-state index is 11.2. The van der Waals surface area contributed by atoms with Crippen molar-refractivity contribution in [3.8, 4) is 0 Å². The molecule has 1 amide bonds. The number of unbranched alkanes of at least 4 members (excludes halogenated alkanes) is 1. The summed E-state index contributed by atoms with van der Waals surface area (Å²) in [6.45, 7) is 2.92. The Morgan fingerprint density at radius 3 is 2.94 bits per heavy atom. The van der Waals surface area contributed by atoms with E-state index in [0.29, 0.717) is 13.0 Å². The van der Waals surface area contributed by atoms with Crippen molar-refractivity contribution in [1.82, 2.24) is 5.32 Å². The predicted molar refractivity (Wildman–Crippen MR) is 68.5 cm³/mol. The molecule has 0 aliphatic carbocycles. The summed E-state index contributed by atoms with van der Waals surface area (Å²) in [4.78, 5) is 11.2. The molecule has 0 aromatic rings. The first-order chi connectivity index (χ1) is 7.81. The topological polar surface area (TPSA) is 49.3 Å². The second kappa shape index (κ2) is 12.8. The molecular weight excluding hydrogens is 309 g/mol. The Balaban J connectivity index is 3.39. The molecule has 2 N–H and O–H groups in total. The van der Waals surface area contributed by atoms with Gasteiger partial charge >= 0.3 is 108 Å². The molecule has 0 aromatic heterocycles. The average Bonchev–Trinajstić information content (AvgIpc) is 2.28. The maximum absolute atomic E-state index is 11.2. The monoisotopic (exact) mass is 331 g/mol. The standard InChI is InChI=1S/C8H12NO2.C4H9.Sn/c1-2-6-9-8(11)5-3-4-7-10;1-3-4-2;/h1-3,5,10H,4,6-7H2,(H,9,11);1,3-4H2,2H3;/b2-1?,5-3+;;. The molecule has 4 heteroatoms. The molecule has 0 saturated heterocycles. The van der Waals surface area contributed by atoms with Crippen molar-refractivity contribution in [1.29, 1.82) is 0 Å². The zero-order chi connectivity index (χ0) is 12.1. The third kappa shape index (κ3) is 11.8. The van der Waals surface area contributed by atoms with Crippen molar-refractivity contribution < 1.29 is 9.90 Å². The van der Waals surface area contributed by atoms with Crippen molar-refractivity contribution in [3.05, 3.63) is 22.3 Å². The van der Waals surface area contributed by atoms with E-state index >= 15 is 0 Å². The van der Waals surface area contributed by atoms with Gasteiger partial charge in [-0.2, -0.15) is 0 Å². The van der Waals surface area contributed by atoms with Gasteiger partial charge in [0.2, 0.25) is 0 Å². The van der Waals surface area contributed by atoms with Gasteiger partial charge in [0.1, 0.15) is 0 Å². The summed E-state index contributed by atoms with van der Waals surface area (Å²) >= 11 is -0.301. The molecule has 16 heavy (non-hydrogen) atoms. The fourth-order valence-electron chi connectivity index (χ4n) is 0.988. The summed E-state index contributed by atoms with van der Waals surface area (Å²) in [5.74, 6) is -0.0861. The van der Waals surface area contributed by atoms with Crippen LogP contribution in [0, 0.1) is 0 Å². The van der Waals surface area contributed by atoms with E-state index in [2.05, 4.69) is 22.4 Å². The van der Waals surface area contributed by atoms with Gasteiger partial charge < -0.3 is 0 Å². The molecule has 0 spiro atoms. The molecule has 0 fully saturated rings. The van der Waals surface area contributed by atoms with Gasteiger partial charge in [-0.1, -0.05) is 0 Å². The van der Waals surface area contributed by atoms with Crippen LogP contribution >= 0.6 is 0 Å². The Bertz CT molecular complexity index is 227. The van der Waals surface area contributed by atoms with Crippen molar-refractivity contribution in [2.24, 2.45) is 0 Å². The summed E-state index contributed by atoms with van der Waals surface area (Å²) in [6, 6.07) is 0. The van der Waals surface area contributed by atoms with E-state index in [0.717, 1.165) is 0 Å². The number of hydrogen-bond acceptors (Lipinski definition) is 2. The predicted octanol–water partition coefficient (Wildman–Crippen LogP) is 1.48. The number of aliphatic hydroxyl groups excluding tert-OH is 1. The first-order valence-electron chi connectivity index (χ1n) is 5.75. The van der Waals surface area contributed by atoms with E-state index < -0.39 is 0 Å². The van der Waals surface area contributed by atoms with E-state index in [-0.39, 0.29) is 33.7 Å². The number of rotatable bonds is 9. The van der Waals surface area contributed by atoms with Gasteiger partial charge in [-0.05, 0) is 0 Å². The molecule has 0 aliphatic rings. The van der Waals surface area contributed by atoms with Gasteiger partial charge in [-0.3, -0.25) is 0 Å². The summed E-state index contributed by atoms with van der Waals surface area (Å²) in [6.07, 6.45) is 8.36. The second-order valence-corrected chi connectivity index (χ2v) is 6.91. The van der Waals surface area contributed by atoms with Crippen molar-refractivity contribution in [2.75, 3.05) is 13.2 Å². The van der Waals surface area contributed by atoms with Gasteiger partial charge in [-0.15, -0.1) is 0 Å². The zero-order valence-corrected chi connectivity index (χ0v) is 12.8. The third-order valence-electron chi connectivity index (χ3n) is 1.87. The van der Waals surface area contributed by atoms with Crippen molar-refractivity contribution >= 4 is 27.0 Å². The quantitative estimate of drug-likeness (QED) is 0.382. The molecule has 0 atom stereocenters. The number of hydrogen-bond donors (Lipinski definition) is 2. The Morgan fingerprint density at radius 1 is 1.44 bits per heavy atom. The average molecular weight is 330 g/mol. The van der Waals surface area contributed by atoms with Crippen LogP contribution in [0.1, 0.15) is 26.2 Å². The summed E-state index contributed by atoms with van der Waals surface area (Å²) in [5.41, 5.74) is 0. The number of amides is 1. The molecule has 2 radical (unpaired) electrons. The summed E-state index contributed by atoms with van der Waals surface area (Å²) < 4.78 is 3.66. The SMILES string of the molecule is CCC[CH2][Sn]/[CH]=C/CNC(=O)/C=C/CCO. The molecule has 0 bridgehead atoms. The molecule has 3 nitrogen and oxygen atoms in total. The molecule has 0 heterocycles. The first-order valence-corrected chi connectivity index (χ1v) is 9.41. The normalized spacial score (nSPS) is 11.4. The fraction of sp³-hybridized carbons (Fsp3) is 0.583. The van der Waals surface area contributed by atoms with Crippen LogP contribution in [-0.4, -0.2) is 45.3 Å². The van der Waals surface area contributed by atoms with Crippen LogP contribution in [-0.2, 0) is 4.79 Å². The minimum absolute atomic E-state index is 0.0861. The van der Waals surface area contributed by atoms with Gasteiger partial charge in [-0.25, -0.2) is 0 Å². The molecule has 0 unspecified atom stereocenters. The molecule has 0 aromatic carbocycles. The van der Waals surface area contributed by atoms with E-state index in [4.69, 9.17) is 5.11 Å². The third-order valence-corrected chi connectivity index (χ3v) is 5.05. The number of aliphatic hydroxyl groups is 1. The zero-order valence-electron chi connectivity index (χ0n) is 9.91. The van der Waals surface area contributed by atoms with E-state index in [1.165, 1.54) is 23.4 Å². The Labute approximate surface area is 108 Å². The second-order valence-electron chi connectivity index (χ2n) is 3.37. The van der Waals surface area contributed by atoms with E-state index in [1.54, 1.807) is 6.08 Å². The molecular formula is C12H21NO2Sn. The molecule has 0 aliphatic heterocycles. The van der Waals surface area contributed by atoms with Crippen LogP contribution in [0.2, 0.25) is 4.44 Å². The Kier molecular flexibility index (Phi) is 12.5. The van der Waals surface area contributed by atoms with E-state index in [1.807, 2.05) is 0 Å². The Morgan fingerprint density at radius 2 is 2.25 bits per heavy atom. The summed E-state index contributed by atoms with van der Waals surface area (Å²) in [7, 11) is 0. The van der Waals surface area contributed by atoms with Crippen LogP contribution < -0.4 is 5.32 Å². The summed E-state index contributed by atoms with van der Waals surface area (Å²) in [5, 5.41) is 11.3. The molecule has 0 saturated carbocycles. The number of nitrogens with one attached hydrogen (secondary N) is 1. The molecule has 90 valence electrons. The van der Waals surface area contributed by atoms with Gasteiger partial charge in [0.25, 0.3) is 0 Å². The van der Waals surface area contributed by atoms with Crippen LogP contribution in [0.25, 0.3) is 0 Å². The van der Waals surface area contributed by atoms with Gasteiger partial charge in [0.05, 0.1) is 0 Å². The number of carbonyl (C=O) groups excluding carboxylic acids is 1. The van der Waals surface area contributed by atoms with Crippen LogP contribution in [0.4, 0.5) is 0 Å². The van der Waals surface area contributed by atoms with Crippen molar-refractivity contribution in [3.63, 3.8) is 0 Å².